The van der Waals surface area contributed by atoms with E-state index in [1.807, 2.05) is 37.3 Å². The van der Waals surface area contributed by atoms with Crippen molar-refractivity contribution in [2.45, 2.75) is 19.9 Å². The number of benzene rings is 2. The van der Waals surface area contributed by atoms with Gasteiger partial charge in [-0.15, -0.1) is 0 Å². The van der Waals surface area contributed by atoms with Gasteiger partial charge in [0.25, 0.3) is 5.69 Å². The maximum atomic E-state index is 11.0. The van der Waals surface area contributed by atoms with Crippen LogP contribution in [0.15, 0.2) is 42.5 Å². The van der Waals surface area contributed by atoms with Crippen LogP contribution in [0.4, 0.5) is 11.4 Å². The molecule has 21 heavy (non-hydrogen) atoms. The molecule has 1 atom stereocenters. The molecular weight excluding hydrogens is 268 g/mol. The number of anilines is 1. The molecule has 0 amide bonds. The molecule has 0 saturated carbocycles. The Morgan fingerprint density at radius 2 is 1.95 bits per heavy atom. The zero-order chi connectivity index (χ0) is 15.4. The van der Waals surface area contributed by atoms with Crippen molar-refractivity contribution in [1.82, 2.24) is 0 Å². The Kier molecular flexibility index (Phi) is 4.42. The third kappa shape index (κ3) is 3.31. The Labute approximate surface area is 123 Å². The minimum atomic E-state index is -0.367. The van der Waals surface area contributed by atoms with Gasteiger partial charge in [-0.1, -0.05) is 24.3 Å². The van der Waals surface area contributed by atoms with Crippen molar-refractivity contribution in [1.29, 1.82) is 0 Å². The molecule has 110 valence electrons. The minimum absolute atomic E-state index is 0.0246. The molecule has 5 nitrogen and oxygen atoms in total. The van der Waals surface area contributed by atoms with Gasteiger partial charge < -0.3 is 10.1 Å². The molecule has 1 unspecified atom stereocenters. The van der Waals surface area contributed by atoms with Gasteiger partial charge in [0.1, 0.15) is 5.75 Å². The van der Waals surface area contributed by atoms with Crippen LogP contribution in [-0.4, -0.2) is 12.0 Å². The smallest absolute Gasteiger partial charge is 0.274 e. The van der Waals surface area contributed by atoms with Gasteiger partial charge in [-0.3, -0.25) is 10.1 Å². The van der Waals surface area contributed by atoms with Crippen molar-refractivity contribution >= 4 is 11.4 Å². The normalized spacial score (nSPS) is 11.8. The summed E-state index contributed by atoms with van der Waals surface area (Å²) in [5.74, 6) is 0.791. The third-order valence-corrected chi connectivity index (χ3v) is 3.39. The fraction of sp³-hybridized carbons (Fsp3) is 0.250. The van der Waals surface area contributed by atoms with Crippen LogP contribution in [0.1, 0.15) is 24.1 Å². The van der Waals surface area contributed by atoms with Crippen LogP contribution >= 0.6 is 0 Å². The van der Waals surface area contributed by atoms with E-state index in [2.05, 4.69) is 5.32 Å². The molecule has 0 aliphatic carbocycles. The number of aryl methyl sites for hydroxylation is 1. The monoisotopic (exact) mass is 286 g/mol. The topological polar surface area (TPSA) is 64.4 Å². The largest absolute Gasteiger partial charge is 0.496 e. The Hall–Kier alpha value is -2.56. The number of rotatable bonds is 5. The fourth-order valence-electron chi connectivity index (χ4n) is 2.25. The van der Waals surface area contributed by atoms with Crippen LogP contribution in [0.25, 0.3) is 0 Å². The molecule has 5 heteroatoms. The van der Waals surface area contributed by atoms with Crippen molar-refractivity contribution in [3.8, 4) is 5.75 Å². The second-order valence-corrected chi connectivity index (χ2v) is 4.87. The SMILES string of the molecule is COc1ccccc1C(C)Nc1ccc(C)c([N+](=O)[O-])c1. The van der Waals surface area contributed by atoms with Crippen molar-refractivity contribution in [2.24, 2.45) is 0 Å². The van der Waals surface area contributed by atoms with Crippen LogP contribution < -0.4 is 10.1 Å². The number of ether oxygens (including phenoxy) is 1. The highest BCUT2D eigenvalue weighted by Crippen LogP contribution is 2.29. The zero-order valence-electron chi connectivity index (χ0n) is 12.3. The number of nitrogens with zero attached hydrogens (tertiary/aromatic N) is 1. The van der Waals surface area contributed by atoms with Crippen molar-refractivity contribution in [3.63, 3.8) is 0 Å². The molecule has 2 rings (SSSR count). The van der Waals surface area contributed by atoms with Gasteiger partial charge in [0.05, 0.1) is 18.1 Å². The van der Waals surface area contributed by atoms with E-state index in [4.69, 9.17) is 4.74 Å². The van der Waals surface area contributed by atoms with Gasteiger partial charge in [0.2, 0.25) is 0 Å². The van der Waals surface area contributed by atoms with E-state index in [0.717, 1.165) is 11.3 Å². The van der Waals surface area contributed by atoms with Crippen molar-refractivity contribution in [2.75, 3.05) is 12.4 Å². The molecule has 1 N–H and O–H groups in total. The van der Waals surface area contributed by atoms with Crippen molar-refractivity contribution < 1.29 is 9.66 Å². The van der Waals surface area contributed by atoms with Crippen LogP contribution in [0.5, 0.6) is 5.75 Å². The predicted octanol–water partition coefficient (Wildman–Crippen LogP) is 4.08. The molecule has 0 bridgehead atoms. The number of methoxy groups -OCH3 is 1. The summed E-state index contributed by atoms with van der Waals surface area (Å²) >= 11 is 0. The summed E-state index contributed by atoms with van der Waals surface area (Å²) in [5, 5.41) is 14.3. The molecule has 0 heterocycles. The van der Waals surface area contributed by atoms with Gasteiger partial charge in [-0.25, -0.2) is 0 Å². The Balaban J connectivity index is 2.25. The van der Waals surface area contributed by atoms with Gasteiger partial charge >= 0.3 is 0 Å². The first kappa shape index (κ1) is 14.8. The Bertz CT molecular complexity index is 656. The highest BCUT2D eigenvalue weighted by Gasteiger charge is 2.14. The molecule has 0 fully saturated rings. The fourth-order valence-corrected chi connectivity index (χ4v) is 2.25. The van der Waals surface area contributed by atoms with Gasteiger partial charge in [-0.2, -0.15) is 0 Å². The Morgan fingerprint density at radius 1 is 1.24 bits per heavy atom. The summed E-state index contributed by atoms with van der Waals surface area (Å²) in [6, 6.07) is 12.8. The van der Waals surface area contributed by atoms with E-state index >= 15 is 0 Å². The summed E-state index contributed by atoms with van der Waals surface area (Å²) in [7, 11) is 1.63. The van der Waals surface area contributed by atoms with Crippen molar-refractivity contribution in [3.05, 3.63) is 63.7 Å². The number of nitrogens with one attached hydrogen (secondary N) is 1. The predicted molar refractivity (Wildman–Crippen MR) is 82.9 cm³/mol. The summed E-state index contributed by atoms with van der Waals surface area (Å²) in [6.45, 7) is 3.72. The summed E-state index contributed by atoms with van der Waals surface area (Å²) < 4.78 is 5.34. The highest BCUT2D eigenvalue weighted by atomic mass is 16.6. The van der Waals surface area contributed by atoms with Gasteiger partial charge in [0.15, 0.2) is 0 Å². The molecule has 2 aromatic rings. The molecule has 0 radical (unpaired) electrons. The molecule has 0 aromatic heterocycles. The van der Waals surface area contributed by atoms with Crippen LogP contribution in [0.2, 0.25) is 0 Å². The quantitative estimate of drug-likeness (QED) is 0.664. The number of nitro groups is 1. The maximum Gasteiger partial charge on any atom is 0.274 e. The Morgan fingerprint density at radius 3 is 2.62 bits per heavy atom. The lowest BCUT2D eigenvalue weighted by atomic mass is 10.1. The summed E-state index contributed by atoms with van der Waals surface area (Å²) in [6.07, 6.45) is 0. The second-order valence-electron chi connectivity index (χ2n) is 4.87. The van der Waals surface area contributed by atoms with E-state index < -0.39 is 0 Å². The molecule has 0 aliphatic rings. The minimum Gasteiger partial charge on any atom is -0.496 e. The first-order chi connectivity index (χ1) is 10.0. The van der Waals surface area contributed by atoms with Crippen LogP contribution in [-0.2, 0) is 0 Å². The average molecular weight is 286 g/mol. The number of hydrogen-bond acceptors (Lipinski definition) is 4. The highest BCUT2D eigenvalue weighted by molar-refractivity contribution is 5.56. The van der Waals surface area contributed by atoms with E-state index in [-0.39, 0.29) is 16.7 Å². The van der Waals surface area contributed by atoms with E-state index in [1.165, 1.54) is 0 Å². The van der Waals surface area contributed by atoms with Gasteiger partial charge in [-0.05, 0) is 26.0 Å². The number of para-hydroxylation sites is 1. The van der Waals surface area contributed by atoms with E-state index in [1.54, 1.807) is 26.2 Å². The molecule has 0 saturated heterocycles. The third-order valence-electron chi connectivity index (χ3n) is 3.39. The number of nitro benzene ring substituents is 1. The van der Waals surface area contributed by atoms with Crippen LogP contribution in [0.3, 0.4) is 0 Å². The number of hydrogen-bond donors (Lipinski definition) is 1. The van der Waals surface area contributed by atoms with Crippen LogP contribution in [0, 0.1) is 17.0 Å². The average Bonchev–Trinajstić information content (AvgIpc) is 2.48. The lowest BCUT2D eigenvalue weighted by Gasteiger charge is -2.18. The molecule has 2 aromatic carbocycles. The first-order valence-corrected chi connectivity index (χ1v) is 6.67. The molecule has 0 spiro atoms. The summed E-state index contributed by atoms with van der Waals surface area (Å²) in [4.78, 5) is 10.6. The lowest BCUT2D eigenvalue weighted by molar-refractivity contribution is -0.385. The van der Waals surface area contributed by atoms with Gasteiger partial charge in [0, 0.05) is 22.9 Å². The molecular formula is C16H18N2O3. The lowest BCUT2D eigenvalue weighted by Crippen LogP contribution is -2.08. The summed E-state index contributed by atoms with van der Waals surface area (Å²) in [5.41, 5.74) is 2.48. The first-order valence-electron chi connectivity index (χ1n) is 6.67. The van der Waals surface area contributed by atoms with E-state index in [0.29, 0.717) is 11.3 Å². The molecule has 0 aliphatic heterocycles. The second kappa shape index (κ2) is 6.26. The standard InChI is InChI=1S/C16H18N2O3/c1-11-8-9-13(10-15(11)18(19)20)17-12(2)14-6-4-5-7-16(14)21-3/h4-10,12,17H,1-3H3. The maximum absolute atomic E-state index is 11.0. The zero-order valence-corrected chi connectivity index (χ0v) is 12.3. The van der Waals surface area contributed by atoms with E-state index in [9.17, 15) is 10.1 Å².